The Kier molecular flexibility index (Phi) is 4.47. The Hall–Kier alpha value is -1.11. The van der Waals surface area contributed by atoms with Crippen LogP contribution in [0, 0.1) is 5.92 Å². The Morgan fingerprint density at radius 2 is 2.24 bits per heavy atom. The molecule has 6 heteroatoms. The van der Waals surface area contributed by atoms with Crippen LogP contribution in [0.5, 0.6) is 0 Å². The second-order valence-corrected chi connectivity index (χ2v) is 7.55. The second-order valence-electron chi connectivity index (χ2n) is 5.78. The first-order valence-electron chi connectivity index (χ1n) is 7.59. The molecule has 0 aliphatic carbocycles. The van der Waals surface area contributed by atoms with Crippen molar-refractivity contribution in [1.29, 1.82) is 0 Å². The molecule has 1 saturated heterocycles. The normalized spacial score (nSPS) is 22.4. The molecule has 0 saturated carbocycles. The number of benzene rings is 1. The molecule has 0 spiro atoms. The molecule has 2 aliphatic heterocycles. The van der Waals surface area contributed by atoms with E-state index in [0.717, 1.165) is 50.1 Å². The zero-order chi connectivity index (χ0) is 14.7. The largest absolute Gasteiger partial charge is 0.385 e. The molecule has 5 nitrogen and oxygen atoms in total. The number of anilines is 1. The third-order valence-corrected chi connectivity index (χ3v) is 5.56. The third-order valence-electron chi connectivity index (χ3n) is 4.14. The van der Waals surface area contributed by atoms with E-state index in [1.807, 2.05) is 6.07 Å². The van der Waals surface area contributed by atoms with Crippen molar-refractivity contribution in [3.8, 4) is 0 Å². The minimum atomic E-state index is -3.43. The van der Waals surface area contributed by atoms with Crippen LogP contribution >= 0.6 is 0 Å². The lowest BCUT2D eigenvalue weighted by atomic mass is 10.0. The number of sulfonamides is 1. The van der Waals surface area contributed by atoms with Gasteiger partial charge in [0.1, 0.15) is 0 Å². The van der Waals surface area contributed by atoms with Crippen LogP contribution in [-0.4, -0.2) is 34.7 Å². The van der Waals surface area contributed by atoms with Crippen LogP contribution in [0.3, 0.4) is 0 Å². The number of hydrogen-bond donors (Lipinski definition) is 2. The molecule has 0 bridgehead atoms. The van der Waals surface area contributed by atoms with E-state index >= 15 is 0 Å². The van der Waals surface area contributed by atoms with Crippen molar-refractivity contribution in [3.05, 3.63) is 23.8 Å². The Bertz CT molecular complexity index is 595. The lowest BCUT2D eigenvalue weighted by Crippen LogP contribution is -2.33. The molecular formula is C15H22N2O3S. The van der Waals surface area contributed by atoms with Crippen LogP contribution in [0.2, 0.25) is 0 Å². The van der Waals surface area contributed by atoms with Gasteiger partial charge in [-0.25, -0.2) is 13.1 Å². The van der Waals surface area contributed by atoms with E-state index in [0.29, 0.717) is 18.0 Å². The summed E-state index contributed by atoms with van der Waals surface area (Å²) in [5.41, 5.74) is 2.14. The van der Waals surface area contributed by atoms with Gasteiger partial charge in [-0.05, 0) is 55.4 Å². The number of nitrogens with one attached hydrogen (secondary N) is 2. The molecule has 1 aromatic rings. The van der Waals surface area contributed by atoms with E-state index < -0.39 is 10.0 Å². The average Bonchev–Trinajstić information content (AvgIpc) is 2.53. The minimum absolute atomic E-state index is 0.285. The van der Waals surface area contributed by atoms with Crippen LogP contribution < -0.4 is 10.0 Å². The van der Waals surface area contributed by atoms with Gasteiger partial charge in [-0.3, -0.25) is 0 Å². The first-order valence-corrected chi connectivity index (χ1v) is 9.08. The van der Waals surface area contributed by atoms with Gasteiger partial charge in [-0.1, -0.05) is 0 Å². The zero-order valence-corrected chi connectivity index (χ0v) is 12.9. The molecule has 2 N–H and O–H groups in total. The van der Waals surface area contributed by atoms with Gasteiger partial charge in [0.05, 0.1) is 11.5 Å². The highest BCUT2D eigenvalue weighted by molar-refractivity contribution is 7.89. The van der Waals surface area contributed by atoms with E-state index in [9.17, 15) is 8.42 Å². The fourth-order valence-electron chi connectivity index (χ4n) is 2.90. The SMILES string of the molecule is O=S(=O)(NCC1CCCOC1)c1ccc2c(c1)CCCN2. The number of hydrogen-bond acceptors (Lipinski definition) is 4. The topological polar surface area (TPSA) is 67.4 Å². The maximum Gasteiger partial charge on any atom is 0.240 e. The summed E-state index contributed by atoms with van der Waals surface area (Å²) in [7, 11) is -3.43. The maximum atomic E-state index is 12.4. The van der Waals surface area contributed by atoms with Gasteiger partial charge in [0.25, 0.3) is 0 Å². The van der Waals surface area contributed by atoms with Crippen LogP contribution in [-0.2, 0) is 21.2 Å². The molecule has 21 heavy (non-hydrogen) atoms. The average molecular weight is 310 g/mol. The van der Waals surface area contributed by atoms with Crippen LogP contribution in [0.1, 0.15) is 24.8 Å². The first kappa shape index (κ1) is 14.8. The van der Waals surface area contributed by atoms with Gasteiger partial charge < -0.3 is 10.1 Å². The lowest BCUT2D eigenvalue weighted by Gasteiger charge is -2.22. The molecule has 116 valence electrons. The van der Waals surface area contributed by atoms with Gasteiger partial charge >= 0.3 is 0 Å². The van der Waals surface area contributed by atoms with Crippen molar-refractivity contribution >= 4 is 15.7 Å². The number of aryl methyl sites for hydroxylation is 1. The fourth-order valence-corrected chi connectivity index (χ4v) is 4.06. The molecule has 0 radical (unpaired) electrons. The van der Waals surface area contributed by atoms with E-state index in [-0.39, 0.29) is 5.92 Å². The highest BCUT2D eigenvalue weighted by Gasteiger charge is 2.20. The Labute approximate surface area is 126 Å². The second kappa shape index (κ2) is 6.34. The Morgan fingerprint density at radius 1 is 1.33 bits per heavy atom. The molecule has 2 aliphatic rings. The summed E-state index contributed by atoms with van der Waals surface area (Å²) >= 11 is 0. The molecule has 3 rings (SSSR count). The summed E-state index contributed by atoms with van der Waals surface area (Å²) in [5.74, 6) is 0.285. The van der Waals surface area contributed by atoms with Crippen molar-refractivity contribution in [2.24, 2.45) is 5.92 Å². The standard InChI is InChI=1S/C15H22N2O3S/c18-21(19,17-10-12-3-2-8-20-11-12)14-5-6-15-13(9-14)4-1-7-16-15/h5-6,9,12,16-17H,1-4,7-8,10-11H2. The van der Waals surface area contributed by atoms with E-state index in [1.54, 1.807) is 12.1 Å². The van der Waals surface area contributed by atoms with Gasteiger partial charge in [-0.2, -0.15) is 0 Å². The smallest absolute Gasteiger partial charge is 0.240 e. The van der Waals surface area contributed by atoms with Gasteiger partial charge in [0.15, 0.2) is 0 Å². The molecule has 1 aromatic carbocycles. The first-order chi connectivity index (χ1) is 10.1. The molecule has 0 amide bonds. The van der Waals surface area contributed by atoms with Gasteiger partial charge in [0, 0.05) is 25.4 Å². The molecule has 2 heterocycles. The van der Waals surface area contributed by atoms with Crippen molar-refractivity contribution in [2.75, 3.05) is 31.6 Å². The summed E-state index contributed by atoms with van der Waals surface area (Å²) < 4.78 is 32.9. The van der Waals surface area contributed by atoms with Crippen LogP contribution in [0.15, 0.2) is 23.1 Å². The number of fused-ring (bicyclic) bond motifs is 1. The molecule has 1 fully saturated rings. The number of rotatable bonds is 4. The monoisotopic (exact) mass is 310 g/mol. The van der Waals surface area contributed by atoms with Crippen molar-refractivity contribution < 1.29 is 13.2 Å². The molecule has 1 unspecified atom stereocenters. The van der Waals surface area contributed by atoms with Gasteiger partial charge in [-0.15, -0.1) is 0 Å². The lowest BCUT2D eigenvalue weighted by molar-refractivity contribution is 0.0568. The van der Waals surface area contributed by atoms with E-state index in [1.165, 1.54) is 0 Å². The van der Waals surface area contributed by atoms with Crippen LogP contribution in [0.25, 0.3) is 0 Å². The number of ether oxygens (including phenoxy) is 1. The van der Waals surface area contributed by atoms with Gasteiger partial charge in [0.2, 0.25) is 10.0 Å². The zero-order valence-electron chi connectivity index (χ0n) is 12.1. The van der Waals surface area contributed by atoms with Crippen molar-refractivity contribution in [1.82, 2.24) is 4.72 Å². The molecular weight excluding hydrogens is 288 g/mol. The predicted octanol–water partition coefficient (Wildman–Crippen LogP) is 1.75. The maximum absolute atomic E-state index is 12.4. The minimum Gasteiger partial charge on any atom is -0.385 e. The highest BCUT2D eigenvalue weighted by atomic mass is 32.2. The van der Waals surface area contributed by atoms with Crippen molar-refractivity contribution in [2.45, 2.75) is 30.6 Å². The van der Waals surface area contributed by atoms with E-state index in [2.05, 4.69) is 10.0 Å². The highest BCUT2D eigenvalue weighted by Crippen LogP contribution is 2.25. The Morgan fingerprint density at radius 3 is 3.05 bits per heavy atom. The molecule has 1 atom stereocenters. The molecule has 0 aromatic heterocycles. The predicted molar refractivity (Wildman–Crippen MR) is 82.0 cm³/mol. The summed E-state index contributed by atoms with van der Waals surface area (Å²) in [4.78, 5) is 0.363. The summed E-state index contributed by atoms with van der Waals surface area (Å²) in [6, 6.07) is 5.34. The van der Waals surface area contributed by atoms with Crippen molar-refractivity contribution in [3.63, 3.8) is 0 Å². The van der Waals surface area contributed by atoms with E-state index in [4.69, 9.17) is 4.74 Å². The quantitative estimate of drug-likeness (QED) is 0.889. The third kappa shape index (κ3) is 3.56. The summed E-state index contributed by atoms with van der Waals surface area (Å²) in [6.07, 6.45) is 4.01. The Balaban J connectivity index is 1.69. The fraction of sp³-hybridized carbons (Fsp3) is 0.600. The van der Waals surface area contributed by atoms with Crippen LogP contribution in [0.4, 0.5) is 5.69 Å². The summed E-state index contributed by atoms with van der Waals surface area (Å²) in [5, 5.41) is 3.29. The summed E-state index contributed by atoms with van der Waals surface area (Å²) in [6.45, 7) is 2.86.